The molecule has 0 fully saturated rings. The Balaban J connectivity index is 1.79. The Morgan fingerprint density at radius 1 is 1.05 bits per heavy atom. The summed E-state index contributed by atoms with van der Waals surface area (Å²) in [5.41, 5.74) is 2.64. The Hall–Kier alpha value is -1.85. The number of halogens is 2. The van der Waals surface area contributed by atoms with Gasteiger partial charge in [-0.1, -0.05) is 33.6 Å². The summed E-state index contributed by atoms with van der Waals surface area (Å²) in [6, 6.07) is 10.7. The summed E-state index contributed by atoms with van der Waals surface area (Å²) in [7, 11) is 0. The highest BCUT2D eigenvalue weighted by molar-refractivity contribution is 9.10. The molecular weight excluding hydrogens is 356 g/mol. The second kappa shape index (κ2) is 5.50. The molecule has 0 saturated carbocycles. The van der Waals surface area contributed by atoms with Crippen LogP contribution in [0.1, 0.15) is 26.3 Å². The molecule has 0 aliphatic carbocycles. The Morgan fingerprint density at radius 2 is 1.81 bits per heavy atom. The van der Waals surface area contributed by atoms with Crippen LogP contribution in [0.3, 0.4) is 0 Å². The van der Waals surface area contributed by atoms with Crippen LogP contribution in [0, 0.1) is 0 Å². The van der Waals surface area contributed by atoms with Crippen molar-refractivity contribution in [3.63, 3.8) is 0 Å². The average Bonchev–Trinajstić information content (AvgIpc) is 2.73. The zero-order chi connectivity index (χ0) is 15.0. The molecule has 2 amide bonds. The Morgan fingerprint density at radius 3 is 2.57 bits per heavy atom. The van der Waals surface area contributed by atoms with E-state index < -0.39 is 0 Å². The van der Waals surface area contributed by atoms with Crippen molar-refractivity contribution >= 4 is 45.0 Å². The minimum absolute atomic E-state index is 0.345. The van der Waals surface area contributed by atoms with Gasteiger partial charge in [-0.2, -0.15) is 0 Å². The molecule has 3 rings (SSSR count). The third-order valence-corrected chi connectivity index (χ3v) is 4.21. The number of rotatable bonds is 3. The number of amides is 2. The molecule has 0 radical (unpaired) electrons. The minimum Gasteiger partial charge on any atom is -0.381 e. The predicted octanol–water partition coefficient (Wildman–Crippen LogP) is 3.60. The third-order valence-electron chi connectivity index (χ3n) is 3.23. The second-order valence-electron chi connectivity index (χ2n) is 4.63. The number of anilines is 1. The van der Waals surface area contributed by atoms with Crippen molar-refractivity contribution in [1.82, 2.24) is 5.32 Å². The lowest BCUT2D eigenvalue weighted by Crippen LogP contribution is -2.19. The summed E-state index contributed by atoms with van der Waals surface area (Å²) in [5, 5.41) is 6.16. The quantitative estimate of drug-likeness (QED) is 0.817. The molecule has 1 aliphatic rings. The Kier molecular flexibility index (Phi) is 3.69. The topological polar surface area (TPSA) is 58.2 Å². The van der Waals surface area contributed by atoms with Gasteiger partial charge in [-0.25, -0.2) is 0 Å². The molecular formula is C15H10BrClN2O2. The lowest BCUT2D eigenvalue weighted by atomic mass is 10.1. The van der Waals surface area contributed by atoms with Crippen LogP contribution in [0.25, 0.3) is 0 Å². The Labute approximate surface area is 134 Å². The second-order valence-corrected chi connectivity index (χ2v) is 5.92. The van der Waals surface area contributed by atoms with Crippen molar-refractivity contribution in [2.24, 2.45) is 0 Å². The SMILES string of the molecule is O=C1NC(=O)c2cc(NCc3ccc(Cl)cc3Br)ccc21. The summed E-state index contributed by atoms with van der Waals surface area (Å²) in [5.74, 6) is -0.701. The fourth-order valence-electron chi connectivity index (χ4n) is 2.14. The summed E-state index contributed by atoms with van der Waals surface area (Å²) in [6.07, 6.45) is 0. The highest BCUT2D eigenvalue weighted by Crippen LogP contribution is 2.24. The van der Waals surface area contributed by atoms with E-state index in [1.165, 1.54) is 0 Å². The van der Waals surface area contributed by atoms with E-state index in [4.69, 9.17) is 11.6 Å². The molecule has 2 aromatic carbocycles. The number of hydrogen-bond donors (Lipinski definition) is 2. The van der Waals surface area contributed by atoms with E-state index in [2.05, 4.69) is 26.6 Å². The number of nitrogens with one attached hydrogen (secondary N) is 2. The van der Waals surface area contributed by atoms with E-state index in [1.54, 1.807) is 18.2 Å². The van der Waals surface area contributed by atoms with E-state index in [9.17, 15) is 9.59 Å². The normalized spacial score (nSPS) is 13.0. The van der Waals surface area contributed by atoms with E-state index in [0.717, 1.165) is 15.7 Å². The molecule has 2 aromatic rings. The van der Waals surface area contributed by atoms with Crippen molar-refractivity contribution in [3.8, 4) is 0 Å². The predicted molar refractivity (Wildman–Crippen MR) is 84.7 cm³/mol. The zero-order valence-corrected chi connectivity index (χ0v) is 13.1. The summed E-state index contributed by atoms with van der Waals surface area (Å²) < 4.78 is 0.914. The number of carbonyl (C=O) groups excluding carboxylic acids is 2. The first kappa shape index (κ1) is 14.1. The van der Waals surface area contributed by atoms with E-state index in [0.29, 0.717) is 22.7 Å². The number of carbonyl (C=O) groups is 2. The van der Waals surface area contributed by atoms with E-state index >= 15 is 0 Å². The van der Waals surface area contributed by atoms with Gasteiger partial charge in [0.25, 0.3) is 11.8 Å². The number of benzene rings is 2. The van der Waals surface area contributed by atoms with Crippen molar-refractivity contribution in [3.05, 3.63) is 62.6 Å². The molecule has 6 heteroatoms. The number of imide groups is 1. The van der Waals surface area contributed by atoms with Crippen molar-refractivity contribution in [2.45, 2.75) is 6.54 Å². The first-order chi connectivity index (χ1) is 10.0. The van der Waals surface area contributed by atoms with Gasteiger partial charge in [-0.15, -0.1) is 0 Å². The monoisotopic (exact) mass is 364 g/mol. The summed E-state index contributed by atoms with van der Waals surface area (Å²) >= 11 is 9.36. The maximum absolute atomic E-state index is 11.6. The molecule has 0 spiro atoms. The first-order valence-corrected chi connectivity index (χ1v) is 7.39. The summed E-state index contributed by atoms with van der Waals surface area (Å²) in [4.78, 5) is 23.1. The fourth-order valence-corrected chi connectivity index (χ4v) is 2.96. The third kappa shape index (κ3) is 2.80. The molecule has 1 aliphatic heterocycles. The zero-order valence-electron chi connectivity index (χ0n) is 10.7. The maximum atomic E-state index is 11.6. The number of fused-ring (bicyclic) bond motifs is 1. The molecule has 2 N–H and O–H groups in total. The van der Waals surface area contributed by atoms with Crippen LogP contribution in [0.15, 0.2) is 40.9 Å². The lowest BCUT2D eigenvalue weighted by molar-refractivity contribution is 0.0879. The molecule has 0 bridgehead atoms. The van der Waals surface area contributed by atoms with Crippen molar-refractivity contribution in [1.29, 1.82) is 0 Å². The van der Waals surface area contributed by atoms with Crippen LogP contribution in [0.5, 0.6) is 0 Å². The van der Waals surface area contributed by atoms with Gasteiger partial charge in [0.15, 0.2) is 0 Å². The van der Waals surface area contributed by atoms with Gasteiger partial charge >= 0.3 is 0 Å². The van der Waals surface area contributed by atoms with Crippen LogP contribution in [0.4, 0.5) is 5.69 Å². The van der Waals surface area contributed by atoms with Crippen LogP contribution < -0.4 is 10.6 Å². The van der Waals surface area contributed by atoms with E-state index in [-0.39, 0.29) is 11.8 Å². The average molecular weight is 366 g/mol. The first-order valence-electron chi connectivity index (χ1n) is 6.22. The standard InChI is InChI=1S/C15H10BrClN2O2/c16-13-5-9(17)2-1-8(13)7-18-10-3-4-11-12(6-10)15(21)19-14(11)20/h1-6,18H,7H2,(H,19,20,21). The summed E-state index contributed by atoms with van der Waals surface area (Å²) in [6.45, 7) is 0.576. The minimum atomic E-state index is -0.355. The van der Waals surface area contributed by atoms with Gasteiger partial charge in [0.1, 0.15) is 0 Å². The maximum Gasteiger partial charge on any atom is 0.259 e. The van der Waals surface area contributed by atoms with Gasteiger partial charge in [0, 0.05) is 21.7 Å². The van der Waals surface area contributed by atoms with Crippen LogP contribution in [0.2, 0.25) is 5.02 Å². The molecule has 21 heavy (non-hydrogen) atoms. The van der Waals surface area contributed by atoms with Crippen molar-refractivity contribution in [2.75, 3.05) is 5.32 Å². The fraction of sp³-hybridized carbons (Fsp3) is 0.0667. The van der Waals surface area contributed by atoms with Gasteiger partial charge in [0.2, 0.25) is 0 Å². The molecule has 1 heterocycles. The number of hydrogen-bond acceptors (Lipinski definition) is 3. The molecule has 0 unspecified atom stereocenters. The smallest absolute Gasteiger partial charge is 0.259 e. The molecule has 106 valence electrons. The van der Waals surface area contributed by atoms with Gasteiger partial charge < -0.3 is 5.32 Å². The molecule has 0 saturated heterocycles. The highest BCUT2D eigenvalue weighted by atomic mass is 79.9. The van der Waals surface area contributed by atoms with Gasteiger partial charge in [-0.05, 0) is 35.9 Å². The van der Waals surface area contributed by atoms with Crippen LogP contribution >= 0.6 is 27.5 Å². The van der Waals surface area contributed by atoms with E-state index in [1.807, 2.05) is 18.2 Å². The largest absolute Gasteiger partial charge is 0.381 e. The lowest BCUT2D eigenvalue weighted by Gasteiger charge is -2.09. The highest BCUT2D eigenvalue weighted by Gasteiger charge is 2.26. The van der Waals surface area contributed by atoms with Crippen molar-refractivity contribution < 1.29 is 9.59 Å². The molecule has 0 atom stereocenters. The van der Waals surface area contributed by atoms with Crippen LogP contribution in [-0.2, 0) is 6.54 Å². The molecule has 0 aromatic heterocycles. The van der Waals surface area contributed by atoms with Gasteiger partial charge in [-0.3, -0.25) is 14.9 Å². The van der Waals surface area contributed by atoms with Crippen LogP contribution in [-0.4, -0.2) is 11.8 Å². The Bertz CT molecular complexity index is 761. The molecule has 4 nitrogen and oxygen atoms in total. The van der Waals surface area contributed by atoms with Gasteiger partial charge in [0.05, 0.1) is 11.1 Å².